The van der Waals surface area contributed by atoms with Gasteiger partial charge in [-0.25, -0.2) is 4.79 Å². The van der Waals surface area contributed by atoms with Crippen molar-refractivity contribution in [2.24, 2.45) is 0 Å². The summed E-state index contributed by atoms with van der Waals surface area (Å²) >= 11 is 0. The van der Waals surface area contributed by atoms with Crippen molar-refractivity contribution in [3.05, 3.63) is 35.9 Å². The molecule has 0 saturated carbocycles. The van der Waals surface area contributed by atoms with Gasteiger partial charge in [0.25, 0.3) is 0 Å². The number of benzene rings is 1. The normalized spacial score (nSPS) is 9.62. The highest BCUT2D eigenvalue weighted by Crippen LogP contribution is 2.30. The molecule has 0 aliphatic carbocycles. The molecule has 0 fully saturated rings. The summed E-state index contributed by atoms with van der Waals surface area (Å²) in [5.74, 6) is -0.132. The molecule has 1 rings (SSSR count). The number of phenolic OH excluding ortho intramolecular Hbond substituents is 1. The standard InChI is InChI=1S/C12H14O4/c1-4-5-8-9(13)6-7-10(15-2)11(8)12(14)16-3/h4,6-7,13H,1,5H2,2-3H3. The summed E-state index contributed by atoms with van der Waals surface area (Å²) in [6, 6.07) is 3.00. The van der Waals surface area contributed by atoms with Gasteiger partial charge in [0.15, 0.2) is 0 Å². The van der Waals surface area contributed by atoms with Gasteiger partial charge in [0.2, 0.25) is 0 Å². The molecule has 16 heavy (non-hydrogen) atoms. The number of methoxy groups -OCH3 is 2. The number of phenols is 1. The third-order valence-corrected chi connectivity index (χ3v) is 2.21. The fourth-order valence-corrected chi connectivity index (χ4v) is 1.46. The van der Waals surface area contributed by atoms with Crippen LogP contribution in [0, 0.1) is 0 Å². The molecule has 0 aromatic heterocycles. The van der Waals surface area contributed by atoms with Gasteiger partial charge < -0.3 is 14.6 Å². The van der Waals surface area contributed by atoms with Crippen LogP contribution in [0.5, 0.6) is 11.5 Å². The third kappa shape index (κ3) is 2.16. The summed E-state index contributed by atoms with van der Waals surface area (Å²) in [6.07, 6.45) is 1.97. The predicted molar refractivity (Wildman–Crippen MR) is 59.9 cm³/mol. The van der Waals surface area contributed by atoms with Crippen LogP contribution >= 0.6 is 0 Å². The third-order valence-electron chi connectivity index (χ3n) is 2.21. The smallest absolute Gasteiger partial charge is 0.342 e. The quantitative estimate of drug-likeness (QED) is 0.624. The van der Waals surface area contributed by atoms with Gasteiger partial charge in [0.05, 0.1) is 14.2 Å². The van der Waals surface area contributed by atoms with Crippen LogP contribution in [0.15, 0.2) is 24.8 Å². The Hall–Kier alpha value is -1.97. The Kier molecular flexibility index (Phi) is 3.94. The minimum absolute atomic E-state index is 0.0288. The van der Waals surface area contributed by atoms with Crippen molar-refractivity contribution in [2.45, 2.75) is 6.42 Å². The number of allylic oxidation sites excluding steroid dienone is 1. The van der Waals surface area contributed by atoms with Crippen LogP contribution in [0.4, 0.5) is 0 Å². The van der Waals surface area contributed by atoms with Crippen LogP contribution < -0.4 is 4.74 Å². The highest BCUT2D eigenvalue weighted by Gasteiger charge is 2.20. The average Bonchev–Trinajstić information content (AvgIpc) is 2.30. The molecule has 1 aromatic carbocycles. The lowest BCUT2D eigenvalue weighted by Crippen LogP contribution is -2.08. The number of aromatic hydroxyl groups is 1. The Bertz CT molecular complexity index is 410. The van der Waals surface area contributed by atoms with E-state index < -0.39 is 5.97 Å². The molecule has 86 valence electrons. The molecule has 0 atom stereocenters. The van der Waals surface area contributed by atoms with Crippen molar-refractivity contribution < 1.29 is 19.4 Å². The van der Waals surface area contributed by atoms with Gasteiger partial charge in [-0.15, -0.1) is 6.58 Å². The van der Waals surface area contributed by atoms with E-state index in [1.807, 2.05) is 0 Å². The van der Waals surface area contributed by atoms with E-state index in [1.54, 1.807) is 6.08 Å². The van der Waals surface area contributed by atoms with Gasteiger partial charge in [0.1, 0.15) is 17.1 Å². The summed E-state index contributed by atoms with van der Waals surface area (Å²) in [6.45, 7) is 3.57. The molecule has 1 N–H and O–H groups in total. The van der Waals surface area contributed by atoms with E-state index in [0.717, 1.165) is 0 Å². The molecule has 0 spiro atoms. The maximum atomic E-state index is 11.6. The maximum Gasteiger partial charge on any atom is 0.342 e. The molecule has 1 aromatic rings. The largest absolute Gasteiger partial charge is 0.508 e. The Labute approximate surface area is 94.1 Å². The SMILES string of the molecule is C=CCc1c(O)ccc(OC)c1C(=O)OC. The number of hydrogen-bond acceptors (Lipinski definition) is 4. The van der Waals surface area contributed by atoms with Crippen LogP contribution in [0.1, 0.15) is 15.9 Å². The molecular formula is C12H14O4. The van der Waals surface area contributed by atoms with Gasteiger partial charge in [0, 0.05) is 5.56 Å². The van der Waals surface area contributed by atoms with Crippen LogP contribution in [0.2, 0.25) is 0 Å². The van der Waals surface area contributed by atoms with Crippen LogP contribution in [0.3, 0.4) is 0 Å². The van der Waals surface area contributed by atoms with E-state index in [0.29, 0.717) is 17.7 Å². The Balaban J connectivity index is 3.41. The summed E-state index contributed by atoms with van der Waals surface area (Å²) in [5, 5.41) is 9.68. The minimum atomic E-state index is -0.537. The monoisotopic (exact) mass is 222 g/mol. The first kappa shape index (κ1) is 12.1. The number of esters is 1. The highest BCUT2D eigenvalue weighted by molar-refractivity contribution is 5.95. The molecule has 4 nitrogen and oxygen atoms in total. The maximum absolute atomic E-state index is 11.6. The van der Waals surface area contributed by atoms with E-state index in [1.165, 1.54) is 26.4 Å². The molecule has 0 saturated heterocycles. The fraction of sp³-hybridized carbons (Fsp3) is 0.250. The van der Waals surface area contributed by atoms with Gasteiger partial charge in [-0.3, -0.25) is 0 Å². The predicted octanol–water partition coefficient (Wildman–Crippen LogP) is 1.92. The van der Waals surface area contributed by atoms with Gasteiger partial charge in [-0.05, 0) is 18.6 Å². The first-order valence-corrected chi connectivity index (χ1v) is 4.73. The van der Waals surface area contributed by atoms with Crippen molar-refractivity contribution >= 4 is 5.97 Å². The van der Waals surface area contributed by atoms with E-state index in [4.69, 9.17) is 4.74 Å². The van der Waals surface area contributed by atoms with Crippen molar-refractivity contribution in [1.29, 1.82) is 0 Å². The number of hydrogen-bond donors (Lipinski definition) is 1. The Morgan fingerprint density at radius 1 is 1.50 bits per heavy atom. The molecule has 0 radical (unpaired) electrons. The Morgan fingerprint density at radius 2 is 2.19 bits per heavy atom. The van der Waals surface area contributed by atoms with Crippen LogP contribution in [-0.2, 0) is 11.2 Å². The van der Waals surface area contributed by atoms with E-state index >= 15 is 0 Å². The number of carbonyl (C=O) groups is 1. The van der Waals surface area contributed by atoms with Crippen molar-refractivity contribution in [2.75, 3.05) is 14.2 Å². The van der Waals surface area contributed by atoms with Crippen molar-refractivity contribution in [1.82, 2.24) is 0 Å². The minimum Gasteiger partial charge on any atom is -0.508 e. The van der Waals surface area contributed by atoms with E-state index in [9.17, 15) is 9.90 Å². The molecule has 0 bridgehead atoms. The summed E-state index contributed by atoms with van der Waals surface area (Å²) in [5.41, 5.74) is 0.700. The Morgan fingerprint density at radius 3 is 2.69 bits per heavy atom. The molecule has 0 aliphatic heterocycles. The second-order valence-corrected chi connectivity index (χ2v) is 3.12. The summed E-state index contributed by atoms with van der Waals surface area (Å²) in [4.78, 5) is 11.6. The highest BCUT2D eigenvalue weighted by atomic mass is 16.5. The molecule has 0 heterocycles. The molecule has 4 heteroatoms. The van der Waals surface area contributed by atoms with Crippen molar-refractivity contribution in [3.8, 4) is 11.5 Å². The zero-order valence-electron chi connectivity index (χ0n) is 9.32. The summed E-state index contributed by atoms with van der Waals surface area (Å²) < 4.78 is 9.72. The van der Waals surface area contributed by atoms with E-state index in [-0.39, 0.29) is 11.3 Å². The van der Waals surface area contributed by atoms with Gasteiger partial charge in [-0.1, -0.05) is 6.08 Å². The van der Waals surface area contributed by atoms with Gasteiger partial charge in [-0.2, -0.15) is 0 Å². The number of ether oxygens (including phenoxy) is 2. The van der Waals surface area contributed by atoms with Crippen molar-refractivity contribution in [3.63, 3.8) is 0 Å². The molecule has 0 unspecified atom stereocenters. The molecule has 0 aliphatic rings. The van der Waals surface area contributed by atoms with Crippen LogP contribution in [0.25, 0.3) is 0 Å². The van der Waals surface area contributed by atoms with Crippen LogP contribution in [-0.4, -0.2) is 25.3 Å². The topological polar surface area (TPSA) is 55.8 Å². The number of carbonyl (C=O) groups excluding carboxylic acids is 1. The first-order chi connectivity index (χ1) is 7.65. The second kappa shape index (κ2) is 5.21. The molecule has 0 amide bonds. The second-order valence-electron chi connectivity index (χ2n) is 3.12. The fourth-order valence-electron chi connectivity index (χ4n) is 1.46. The lowest BCUT2D eigenvalue weighted by atomic mass is 10.0. The summed E-state index contributed by atoms with van der Waals surface area (Å²) in [7, 11) is 2.74. The zero-order chi connectivity index (χ0) is 12.1. The average molecular weight is 222 g/mol. The van der Waals surface area contributed by atoms with E-state index in [2.05, 4.69) is 11.3 Å². The first-order valence-electron chi connectivity index (χ1n) is 4.73. The molecular weight excluding hydrogens is 208 g/mol. The lowest BCUT2D eigenvalue weighted by molar-refractivity contribution is 0.0595. The lowest BCUT2D eigenvalue weighted by Gasteiger charge is -2.12. The van der Waals surface area contributed by atoms with Gasteiger partial charge >= 0.3 is 5.97 Å². The number of rotatable bonds is 4. The zero-order valence-corrected chi connectivity index (χ0v) is 9.32.